The molecule has 0 radical (unpaired) electrons. The molecule has 0 aliphatic heterocycles. The molecule has 60 valence electrons. The normalized spacial score (nSPS) is 13.0. The van der Waals surface area contributed by atoms with Gasteiger partial charge in [-0.25, -0.2) is 0 Å². The van der Waals surface area contributed by atoms with E-state index in [-0.39, 0.29) is 5.75 Å². The number of hydrogen-bond acceptors (Lipinski definition) is 2. The zero-order valence-electron chi connectivity index (χ0n) is 6.08. The van der Waals surface area contributed by atoms with Crippen molar-refractivity contribution in [1.29, 1.82) is 0 Å². The Morgan fingerprint density at radius 2 is 2.09 bits per heavy atom. The van der Waals surface area contributed by atoms with Gasteiger partial charge in [-0.15, -0.1) is 0 Å². The topological polar surface area (TPSA) is 40.5 Å². The smallest absolute Gasteiger partial charge is 0.122 e. The molecule has 0 amide bonds. The van der Waals surface area contributed by atoms with Crippen LogP contribution in [0.3, 0.4) is 0 Å². The molecule has 0 heterocycles. The van der Waals surface area contributed by atoms with Crippen LogP contribution in [0.1, 0.15) is 18.6 Å². The first-order valence-corrected chi connectivity index (χ1v) is 3.66. The lowest BCUT2D eigenvalue weighted by atomic mass is 10.1. The van der Waals surface area contributed by atoms with Gasteiger partial charge in [0.05, 0.1) is 11.1 Å². The number of phenolic OH excluding ortho intramolecular Hbond substituents is 1. The molecule has 2 N–H and O–H groups in total. The summed E-state index contributed by atoms with van der Waals surface area (Å²) in [5.74, 6) is 0.0347. The summed E-state index contributed by atoms with van der Waals surface area (Å²) in [5.41, 5.74) is 0.383. The highest BCUT2D eigenvalue weighted by molar-refractivity contribution is 6.31. The van der Waals surface area contributed by atoms with Gasteiger partial charge >= 0.3 is 0 Å². The second kappa shape index (κ2) is 3.11. The van der Waals surface area contributed by atoms with Crippen molar-refractivity contribution in [2.24, 2.45) is 0 Å². The van der Waals surface area contributed by atoms with Gasteiger partial charge in [0.1, 0.15) is 5.75 Å². The monoisotopic (exact) mass is 172 g/mol. The van der Waals surface area contributed by atoms with Crippen molar-refractivity contribution in [2.45, 2.75) is 13.0 Å². The van der Waals surface area contributed by atoms with Gasteiger partial charge in [-0.05, 0) is 19.1 Å². The number of phenols is 1. The maximum Gasteiger partial charge on any atom is 0.122 e. The highest BCUT2D eigenvalue weighted by Gasteiger charge is 2.10. The van der Waals surface area contributed by atoms with Crippen LogP contribution in [0.25, 0.3) is 0 Å². The Kier molecular flexibility index (Phi) is 2.37. The standard InChI is InChI=1S/C8H9ClO2/c1-5(10)8-6(9)3-2-4-7(8)11/h2-5,10-11H,1H3. The van der Waals surface area contributed by atoms with Gasteiger partial charge < -0.3 is 10.2 Å². The molecule has 11 heavy (non-hydrogen) atoms. The van der Waals surface area contributed by atoms with E-state index < -0.39 is 6.10 Å². The van der Waals surface area contributed by atoms with Gasteiger partial charge in [-0.3, -0.25) is 0 Å². The van der Waals surface area contributed by atoms with E-state index >= 15 is 0 Å². The van der Waals surface area contributed by atoms with Crippen LogP contribution in [0, 0.1) is 0 Å². The Hall–Kier alpha value is -0.730. The van der Waals surface area contributed by atoms with E-state index in [1.54, 1.807) is 19.1 Å². The molecule has 3 heteroatoms. The summed E-state index contributed by atoms with van der Waals surface area (Å²) in [4.78, 5) is 0. The Balaban J connectivity index is 3.21. The number of aliphatic hydroxyl groups is 1. The van der Waals surface area contributed by atoms with Crippen LogP contribution >= 0.6 is 11.6 Å². The molecule has 0 saturated carbocycles. The molecule has 0 saturated heterocycles. The van der Waals surface area contributed by atoms with Crippen LogP contribution in [0.4, 0.5) is 0 Å². The van der Waals surface area contributed by atoms with E-state index in [0.29, 0.717) is 10.6 Å². The Morgan fingerprint density at radius 3 is 2.45 bits per heavy atom. The Bertz CT molecular complexity index is 238. The summed E-state index contributed by atoms with van der Waals surface area (Å²) >= 11 is 5.70. The molecule has 1 aromatic rings. The lowest BCUT2D eigenvalue weighted by molar-refractivity contribution is 0.195. The molecule has 1 unspecified atom stereocenters. The molecule has 2 nitrogen and oxygen atoms in total. The second-order valence-electron chi connectivity index (χ2n) is 2.35. The van der Waals surface area contributed by atoms with Crippen LogP contribution in [0.15, 0.2) is 18.2 Å². The van der Waals surface area contributed by atoms with E-state index in [0.717, 1.165) is 0 Å². The molecule has 0 aliphatic carbocycles. The molecule has 0 spiro atoms. The molecular formula is C8H9ClO2. The van der Waals surface area contributed by atoms with Crippen LogP contribution < -0.4 is 0 Å². The van der Waals surface area contributed by atoms with E-state index in [9.17, 15) is 5.11 Å². The summed E-state index contributed by atoms with van der Waals surface area (Å²) in [6, 6.07) is 4.75. The first kappa shape index (κ1) is 8.37. The maximum absolute atomic E-state index is 9.22. The molecule has 1 aromatic carbocycles. The summed E-state index contributed by atoms with van der Waals surface area (Å²) in [6.45, 7) is 1.56. The largest absolute Gasteiger partial charge is 0.508 e. The fraction of sp³-hybridized carbons (Fsp3) is 0.250. The number of hydrogen-bond donors (Lipinski definition) is 2. The third kappa shape index (κ3) is 1.64. The van der Waals surface area contributed by atoms with Gasteiger partial charge in [-0.1, -0.05) is 17.7 Å². The van der Waals surface area contributed by atoms with E-state index in [1.807, 2.05) is 0 Å². The average Bonchev–Trinajstić information content (AvgIpc) is 1.85. The Morgan fingerprint density at radius 1 is 1.45 bits per heavy atom. The SMILES string of the molecule is CC(O)c1c(O)cccc1Cl. The molecule has 0 aromatic heterocycles. The number of aliphatic hydroxyl groups excluding tert-OH is 1. The van der Waals surface area contributed by atoms with Gasteiger partial charge in [0.15, 0.2) is 0 Å². The number of aromatic hydroxyl groups is 1. The molecule has 0 aliphatic rings. The number of halogens is 1. The van der Waals surface area contributed by atoms with E-state index in [2.05, 4.69) is 0 Å². The van der Waals surface area contributed by atoms with Crippen molar-refractivity contribution in [3.05, 3.63) is 28.8 Å². The fourth-order valence-corrected chi connectivity index (χ4v) is 1.27. The number of benzene rings is 1. The van der Waals surface area contributed by atoms with Crippen molar-refractivity contribution >= 4 is 11.6 Å². The van der Waals surface area contributed by atoms with E-state index in [4.69, 9.17) is 16.7 Å². The van der Waals surface area contributed by atoms with Crippen LogP contribution in [-0.4, -0.2) is 10.2 Å². The maximum atomic E-state index is 9.22. The van der Waals surface area contributed by atoms with Crippen molar-refractivity contribution in [2.75, 3.05) is 0 Å². The molecule has 0 bridgehead atoms. The molecular weight excluding hydrogens is 164 g/mol. The summed E-state index contributed by atoms with van der Waals surface area (Å²) in [5, 5.41) is 18.7. The average molecular weight is 173 g/mol. The van der Waals surface area contributed by atoms with Gasteiger partial charge in [0.2, 0.25) is 0 Å². The lowest BCUT2D eigenvalue weighted by Gasteiger charge is -2.08. The summed E-state index contributed by atoms with van der Waals surface area (Å²) in [6.07, 6.45) is -0.733. The van der Waals surface area contributed by atoms with Crippen LogP contribution in [0.5, 0.6) is 5.75 Å². The van der Waals surface area contributed by atoms with Gasteiger partial charge in [-0.2, -0.15) is 0 Å². The minimum atomic E-state index is -0.733. The van der Waals surface area contributed by atoms with Crippen molar-refractivity contribution in [3.8, 4) is 5.75 Å². The van der Waals surface area contributed by atoms with Gasteiger partial charge in [0, 0.05) is 5.56 Å². The highest BCUT2D eigenvalue weighted by Crippen LogP contribution is 2.30. The van der Waals surface area contributed by atoms with Crippen LogP contribution in [0.2, 0.25) is 5.02 Å². The lowest BCUT2D eigenvalue weighted by Crippen LogP contribution is -1.92. The third-order valence-electron chi connectivity index (χ3n) is 1.45. The fourth-order valence-electron chi connectivity index (χ4n) is 0.939. The third-order valence-corrected chi connectivity index (χ3v) is 1.78. The summed E-state index contributed by atoms with van der Waals surface area (Å²) < 4.78 is 0. The molecule has 1 atom stereocenters. The summed E-state index contributed by atoms with van der Waals surface area (Å²) in [7, 11) is 0. The van der Waals surface area contributed by atoms with Crippen molar-refractivity contribution < 1.29 is 10.2 Å². The minimum Gasteiger partial charge on any atom is -0.508 e. The Labute approximate surface area is 70.1 Å². The molecule has 0 fully saturated rings. The number of rotatable bonds is 1. The van der Waals surface area contributed by atoms with Crippen molar-refractivity contribution in [1.82, 2.24) is 0 Å². The quantitative estimate of drug-likeness (QED) is 0.681. The van der Waals surface area contributed by atoms with Crippen molar-refractivity contribution in [3.63, 3.8) is 0 Å². The van der Waals surface area contributed by atoms with Gasteiger partial charge in [0.25, 0.3) is 0 Å². The minimum absolute atomic E-state index is 0.0347. The molecule has 1 rings (SSSR count). The van der Waals surface area contributed by atoms with E-state index in [1.165, 1.54) is 6.07 Å². The predicted molar refractivity (Wildman–Crippen MR) is 43.8 cm³/mol. The zero-order chi connectivity index (χ0) is 8.43. The first-order chi connectivity index (χ1) is 5.13. The second-order valence-corrected chi connectivity index (χ2v) is 2.76. The first-order valence-electron chi connectivity index (χ1n) is 3.28. The highest BCUT2D eigenvalue weighted by atomic mass is 35.5. The predicted octanol–water partition coefficient (Wildman–Crippen LogP) is 2.10. The zero-order valence-corrected chi connectivity index (χ0v) is 6.84. The van der Waals surface area contributed by atoms with Crippen LogP contribution in [-0.2, 0) is 0 Å².